The predicted molar refractivity (Wildman–Crippen MR) is 123 cm³/mol. The highest BCUT2D eigenvalue weighted by Crippen LogP contribution is 2.25. The summed E-state index contributed by atoms with van der Waals surface area (Å²) in [6.45, 7) is 3.62. The Labute approximate surface area is 187 Å². The van der Waals surface area contributed by atoms with Crippen LogP contribution < -0.4 is 15.4 Å². The topological polar surface area (TPSA) is 67.4 Å². The fraction of sp³-hybridized carbons (Fsp3) is 0.200. The normalized spacial score (nSPS) is 11.5. The first-order chi connectivity index (χ1) is 14.9. The molecule has 0 aliphatic carbocycles. The van der Waals surface area contributed by atoms with Gasteiger partial charge in [-0.2, -0.15) is 0 Å². The number of nitrogens with one attached hydrogen (secondary N) is 2. The van der Waals surface area contributed by atoms with Crippen LogP contribution >= 0.6 is 11.6 Å². The summed E-state index contributed by atoms with van der Waals surface area (Å²) in [4.78, 5) is 25.2. The molecule has 0 spiro atoms. The van der Waals surface area contributed by atoms with E-state index in [1.165, 1.54) is 0 Å². The van der Waals surface area contributed by atoms with E-state index in [0.29, 0.717) is 10.6 Å². The Morgan fingerprint density at radius 3 is 2.10 bits per heavy atom. The second-order valence-corrected chi connectivity index (χ2v) is 7.73. The van der Waals surface area contributed by atoms with Gasteiger partial charge in [0.15, 0.2) is 0 Å². The Balaban J connectivity index is 1.70. The lowest BCUT2D eigenvalue weighted by Crippen LogP contribution is -2.39. The Morgan fingerprint density at radius 1 is 0.935 bits per heavy atom. The Morgan fingerprint density at radius 2 is 1.52 bits per heavy atom. The van der Waals surface area contributed by atoms with E-state index < -0.39 is 0 Å². The van der Waals surface area contributed by atoms with Crippen LogP contribution in [0.4, 0.5) is 0 Å². The van der Waals surface area contributed by atoms with Crippen LogP contribution in [0.5, 0.6) is 5.75 Å². The van der Waals surface area contributed by atoms with Crippen molar-refractivity contribution in [3.63, 3.8) is 0 Å². The summed E-state index contributed by atoms with van der Waals surface area (Å²) >= 11 is 6.01. The Bertz CT molecular complexity index is 1040. The molecule has 31 heavy (non-hydrogen) atoms. The minimum Gasteiger partial charge on any atom is -0.496 e. The summed E-state index contributed by atoms with van der Waals surface area (Å²) < 4.78 is 5.34. The average Bonchev–Trinajstić information content (AvgIpc) is 2.77. The van der Waals surface area contributed by atoms with Crippen LogP contribution in [-0.2, 0) is 4.79 Å². The molecule has 0 aliphatic rings. The highest BCUT2D eigenvalue weighted by molar-refractivity contribution is 6.30. The van der Waals surface area contributed by atoms with E-state index in [-0.39, 0.29) is 24.4 Å². The summed E-state index contributed by atoms with van der Waals surface area (Å²) in [6, 6.07) is 20.1. The van der Waals surface area contributed by atoms with Gasteiger partial charge in [-0.25, -0.2) is 0 Å². The van der Waals surface area contributed by atoms with Gasteiger partial charge in [0, 0.05) is 10.6 Å². The van der Waals surface area contributed by atoms with Crippen molar-refractivity contribution in [3.05, 3.63) is 99.6 Å². The SMILES string of the molecule is COc1c(C)cc(C(=O)NCC(=O)NC(c2ccccc2)c2ccc(Cl)cc2)cc1C. The zero-order chi connectivity index (χ0) is 22.4. The van der Waals surface area contributed by atoms with Crippen molar-refractivity contribution >= 4 is 23.4 Å². The van der Waals surface area contributed by atoms with Crippen molar-refractivity contribution in [3.8, 4) is 5.75 Å². The molecule has 0 fully saturated rings. The molecule has 3 aromatic carbocycles. The van der Waals surface area contributed by atoms with Gasteiger partial charge in [0.05, 0.1) is 19.7 Å². The smallest absolute Gasteiger partial charge is 0.251 e. The van der Waals surface area contributed by atoms with E-state index in [4.69, 9.17) is 16.3 Å². The maximum atomic E-state index is 12.7. The van der Waals surface area contributed by atoms with Crippen molar-refractivity contribution < 1.29 is 14.3 Å². The lowest BCUT2D eigenvalue weighted by atomic mass is 9.98. The lowest BCUT2D eigenvalue weighted by molar-refractivity contribution is -0.120. The molecule has 0 bridgehead atoms. The number of aryl methyl sites for hydroxylation is 2. The summed E-state index contributed by atoms with van der Waals surface area (Å²) in [5.41, 5.74) is 4.05. The van der Waals surface area contributed by atoms with E-state index in [1.54, 1.807) is 31.4 Å². The Hall–Kier alpha value is -3.31. The first-order valence-electron chi connectivity index (χ1n) is 9.92. The number of amides is 2. The van der Waals surface area contributed by atoms with Crippen molar-refractivity contribution in [1.29, 1.82) is 0 Å². The van der Waals surface area contributed by atoms with E-state index in [2.05, 4.69) is 10.6 Å². The fourth-order valence-corrected chi connectivity index (χ4v) is 3.66. The largest absolute Gasteiger partial charge is 0.496 e. The van der Waals surface area contributed by atoms with Crippen LogP contribution in [-0.4, -0.2) is 25.5 Å². The van der Waals surface area contributed by atoms with Gasteiger partial charge < -0.3 is 15.4 Å². The van der Waals surface area contributed by atoms with E-state index in [1.807, 2.05) is 56.3 Å². The number of benzene rings is 3. The molecule has 1 unspecified atom stereocenters. The van der Waals surface area contributed by atoms with Crippen LogP contribution in [0.15, 0.2) is 66.7 Å². The molecule has 160 valence electrons. The average molecular weight is 437 g/mol. The standard InChI is InChI=1S/C25H25ClN2O3/c1-16-13-20(14-17(2)24(16)31-3)25(30)27-15-22(29)28-23(18-7-5-4-6-8-18)19-9-11-21(26)12-10-19/h4-14,23H,15H2,1-3H3,(H,27,30)(H,28,29). The molecule has 0 aromatic heterocycles. The van der Waals surface area contributed by atoms with Crippen LogP contribution in [0, 0.1) is 13.8 Å². The minimum atomic E-state index is -0.353. The van der Waals surface area contributed by atoms with Crippen molar-refractivity contribution in [1.82, 2.24) is 10.6 Å². The molecule has 0 aliphatic heterocycles. The van der Waals surface area contributed by atoms with Gasteiger partial charge >= 0.3 is 0 Å². The molecule has 2 amide bonds. The zero-order valence-corrected chi connectivity index (χ0v) is 18.5. The molecule has 0 saturated carbocycles. The number of ether oxygens (including phenoxy) is 1. The number of carbonyl (C=O) groups is 2. The molecule has 2 N–H and O–H groups in total. The van der Waals surface area contributed by atoms with Crippen molar-refractivity contribution in [2.45, 2.75) is 19.9 Å². The van der Waals surface area contributed by atoms with Gasteiger partial charge in [0.2, 0.25) is 5.91 Å². The number of methoxy groups -OCH3 is 1. The first kappa shape index (κ1) is 22.4. The minimum absolute atomic E-state index is 0.139. The van der Waals surface area contributed by atoms with Crippen LogP contribution in [0.2, 0.25) is 5.02 Å². The monoisotopic (exact) mass is 436 g/mol. The second-order valence-electron chi connectivity index (χ2n) is 7.29. The lowest BCUT2D eigenvalue weighted by Gasteiger charge is -2.20. The molecular weight excluding hydrogens is 412 g/mol. The van der Waals surface area contributed by atoms with E-state index in [0.717, 1.165) is 28.0 Å². The maximum absolute atomic E-state index is 12.7. The highest BCUT2D eigenvalue weighted by Gasteiger charge is 2.18. The number of halogens is 1. The molecule has 0 heterocycles. The summed E-state index contributed by atoms with van der Waals surface area (Å²) in [5, 5.41) is 6.32. The van der Waals surface area contributed by atoms with E-state index in [9.17, 15) is 9.59 Å². The predicted octanol–water partition coefficient (Wildman–Crippen LogP) is 4.60. The van der Waals surface area contributed by atoms with Gasteiger partial charge in [-0.3, -0.25) is 9.59 Å². The highest BCUT2D eigenvalue weighted by atomic mass is 35.5. The number of carbonyl (C=O) groups excluding carboxylic acids is 2. The third kappa shape index (κ3) is 5.64. The number of rotatable bonds is 7. The van der Waals surface area contributed by atoms with E-state index >= 15 is 0 Å². The first-order valence-corrected chi connectivity index (χ1v) is 10.3. The molecule has 0 saturated heterocycles. The van der Waals surface area contributed by atoms with Crippen molar-refractivity contribution in [2.75, 3.05) is 13.7 Å². The number of hydrogen-bond acceptors (Lipinski definition) is 3. The van der Waals surface area contributed by atoms with Crippen LogP contribution in [0.25, 0.3) is 0 Å². The Kier molecular flexibility index (Phi) is 7.32. The molecule has 3 aromatic rings. The third-order valence-corrected chi connectivity index (χ3v) is 5.23. The maximum Gasteiger partial charge on any atom is 0.251 e. The molecule has 3 rings (SSSR count). The fourth-order valence-electron chi connectivity index (χ4n) is 3.54. The molecule has 0 radical (unpaired) electrons. The van der Waals surface area contributed by atoms with Crippen LogP contribution in [0.3, 0.4) is 0 Å². The summed E-state index contributed by atoms with van der Waals surface area (Å²) in [5.74, 6) is 0.147. The quantitative estimate of drug-likeness (QED) is 0.568. The van der Waals surface area contributed by atoms with Gasteiger partial charge in [0.1, 0.15) is 5.75 Å². The summed E-state index contributed by atoms with van der Waals surface area (Å²) in [7, 11) is 1.60. The van der Waals surface area contributed by atoms with Crippen molar-refractivity contribution in [2.24, 2.45) is 0 Å². The molecular formula is C25H25ClN2O3. The molecule has 5 nitrogen and oxygen atoms in total. The van der Waals surface area contributed by atoms with Gasteiger partial charge in [-0.05, 0) is 60.4 Å². The zero-order valence-electron chi connectivity index (χ0n) is 17.7. The second kappa shape index (κ2) is 10.1. The molecule has 1 atom stereocenters. The van der Waals surface area contributed by atoms with Crippen LogP contribution in [0.1, 0.15) is 38.7 Å². The van der Waals surface area contributed by atoms with Gasteiger partial charge in [0.25, 0.3) is 5.91 Å². The third-order valence-electron chi connectivity index (χ3n) is 4.98. The number of hydrogen-bond donors (Lipinski definition) is 2. The van der Waals surface area contributed by atoms with Gasteiger partial charge in [-0.1, -0.05) is 54.1 Å². The summed E-state index contributed by atoms with van der Waals surface area (Å²) in [6.07, 6.45) is 0. The molecule has 6 heteroatoms. The van der Waals surface area contributed by atoms with Gasteiger partial charge in [-0.15, -0.1) is 0 Å².